The summed E-state index contributed by atoms with van der Waals surface area (Å²) in [4.78, 5) is 0. The Hall–Kier alpha value is -0.820. The molecule has 3 saturated carbocycles. The topological polar surface area (TPSA) is 20.2 Å². The lowest BCUT2D eigenvalue weighted by Gasteiger charge is -2.55. The van der Waals surface area contributed by atoms with Crippen LogP contribution in [-0.2, 0) is 0 Å². The van der Waals surface area contributed by atoms with Crippen molar-refractivity contribution < 1.29 is 5.11 Å². The number of rotatable bonds is 5. The van der Waals surface area contributed by atoms with Gasteiger partial charge in [-0.1, -0.05) is 77.0 Å². The largest absolute Gasteiger partial charge is 0.393 e. The van der Waals surface area contributed by atoms with Crippen molar-refractivity contribution >= 4 is 0 Å². The zero-order valence-corrected chi connectivity index (χ0v) is 20.5. The summed E-state index contributed by atoms with van der Waals surface area (Å²) in [7, 11) is 0. The first-order chi connectivity index (χ1) is 14.2. The Balaban J connectivity index is 1.56. The highest BCUT2D eigenvalue weighted by atomic mass is 16.3. The normalized spacial score (nSPS) is 42.9. The standard InChI is InChI=1S/C29H46O/c1-7-21(19(2)3)9-8-20(4)25-12-13-26-24-11-10-22-18-23(30)14-16-28(22,5)27(24)15-17-29(25,26)6/h8-11,19-21,23,25-27,30H,7,12-18H2,1-6H3/b9-8+/t20?,21?,23-,25?,26?,27?,28-,29+/m0/s1. The molecule has 0 spiro atoms. The molecular weight excluding hydrogens is 364 g/mol. The highest BCUT2D eigenvalue weighted by Crippen LogP contribution is 2.66. The van der Waals surface area contributed by atoms with E-state index in [4.69, 9.17) is 0 Å². The summed E-state index contributed by atoms with van der Waals surface area (Å²) in [5.74, 6) is 4.45. The molecule has 0 radical (unpaired) electrons. The minimum atomic E-state index is -0.116. The molecule has 0 heterocycles. The van der Waals surface area contributed by atoms with Crippen LogP contribution in [0.4, 0.5) is 0 Å². The average Bonchev–Trinajstić information content (AvgIpc) is 3.06. The molecule has 0 aliphatic heterocycles. The molecular formula is C29H46O. The second-order valence-corrected chi connectivity index (χ2v) is 12.1. The Bertz CT molecular complexity index is 727. The van der Waals surface area contributed by atoms with Gasteiger partial charge in [0.2, 0.25) is 0 Å². The molecule has 0 aromatic heterocycles. The van der Waals surface area contributed by atoms with Crippen molar-refractivity contribution in [2.45, 2.75) is 99.0 Å². The lowest BCUT2D eigenvalue weighted by molar-refractivity contribution is 0.0382. The van der Waals surface area contributed by atoms with Crippen LogP contribution in [0.2, 0.25) is 0 Å². The van der Waals surface area contributed by atoms with Gasteiger partial charge in [-0.25, -0.2) is 0 Å². The molecule has 1 heteroatoms. The fourth-order valence-corrected chi connectivity index (χ4v) is 8.17. The van der Waals surface area contributed by atoms with Crippen molar-refractivity contribution in [2.24, 2.45) is 46.3 Å². The summed E-state index contributed by atoms with van der Waals surface area (Å²) in [6.45, 7) is 14.7. The SMILES string of the molecule is CCC(/C=C/C(C)C1CCC2C3=CC=C4C[C@@H](O)CC[C@]4(C)C3CC[C@@]21C)C(C)C. The van der Waals surface area contributed by atoms with Crippen LogP contribution >= 0.6 is 0 Å². The number of fused-ring (bicyclic) bond motifs is 5. The van der Waals surface area contributed by atoms with Gasteiger partial charge in [0, 0.05) is 0 Å². The Morgan fingerprint density at radius 1 is 1.00 bits per heavy atom. The number of aliphatic hydroxyl groups excluding tert-OH is 1. The molecule has 3 fully saturated rings. The second-order valence-electron chi connectivity index (χ2n) is 12.1. The molecule has 5 unspecified atom stereocenters. The Morgan fingerprint density at radius 2 is 1.77 bits per heavy atom. The Labute approximate surface area is 186 Å². The molecule has 0 aromatic carbocycles. The van der Waals surface area contributed by atoms with E-state index in [2.05, 4.69) is 65.8 Å². The van der Waals surface area contributed by atoms with Crippen molar-refractivity contribution in [1.82, 2.24) is 0 Å². The maximum Gasteiger partial charge on any atom is 0.0578 e. The van der Waals surface area contributed by atoms with Crippen LogP contribution in [0.1, 0.15) is 92.9 Å². The third kappa shape index (κ3) is 3.58. The minimum Gasteiger partial charge on any atom is -0.393 e. The number of hydrogen-bond donors (Lipinski definition) is 1. The first-order valence-electron chi connectivity index (χ1n) is 13.0. The van der Waals surface area contributed by atoms with Crippen LogP contribution in [0.3, 0.4) is 0 Å². The maximum absolute atomic E-state index is 10.2. The smallest absolute Gasteiger partial charge is 0.0578 e. The molecule has 4 aliphatic carbocycles. The van der Waals surface area contributed by atoms with E-state index in [1.807, 2.05) is 0 Å². The second kappa shape index (κ2) is 8.27. The van der Waals surface area contributed by atoms with E-state index < -0.39 is 0 Å². The molecule has 4 aliphatic rings. The zero-order chi connectivity index (χ0) is 21.7. The van der Waals surface area contributed by atoms with Crippen LogP contribution in [-0.4, -0.2) is 11.2 Å². The van der Waals surface area contributed by atoms with Gasteiger partial charge >= 0.3 is 0 Å². The van der Waals surface area contributed by atoms with E-state index in [0.717, 1.165) is 42.4 Å². The predicted octanol–water partition coefficient (Wildman–Crippen LogP) is 7.72. The minimum absolute atomic E-state index is 0.116. The molecule has 168 valence electrons. The molecule has 0 amide bonds. The maximum atomic E-state index is 10.2. The summed E-state index contributed by atoms with van der Waals surface area (Å²) in [5, 5.41) is 10.2. The predicted molar refractivity (Wildman–Crippen MR) is 128 cm³/mol. The summed E-state index contributed by atoms with van der Waals surface area (Å²) in [6.07, 6.45) is 19.7. The van der Waals surface area contributed by atoms with E-state index in [1.165, 1.54) is 44.1 Å². The van der Waals surface area contributed by atoms with Gasteiger partial charge in [-0.2, -0.15) is 0 Å². The van der Waals surface area contributed by atoms with Crippen molar-refractivity contribution in [3.63, 3.8) is 0 Å². The van der Waals surface area contributed by atoms with E-state index in [9.17, 15) is 5.11 Å². The fraction of sp³-hybridized carbons (Fsp3) is 0.793. The molecule has 30 heavy (non-hydrogen) atoms. The first-order valence-corrected chi connectivity index (χ1v) is 13.0. The third-order valence-electron chi connectivity index (χ3n) is 10.2. The third-order valence-corrected chi connectivity index (χ3v) is 10.2. The average molecular weight is 411 g/mol. The Morgan fingerprint density at radius 3 is 2.47 bits per heavy atom. The van der Waals surface area contributed by atoms with Gasteiger partial charge in [0.15, 0.2) is 0 Å². The van der Waals surface area contributed by atoms with Crippen molar-refractivity contribution in [3.05, 3.63) is 35.5 Å². The van der Waals surface area contributed by atoms with Gasteiger partial charge < -0.3 is 5.11 Å². The highest BCUT2D eigenvalue weighted by Gasteiger charge is 2.56. The van der Waals surface area contributed by atoms with Gasteiger partial charge in [-0.15, -0.1) is 0 Å². The number of hydrogen-bond acceptors (Lipinski definition) is 1. The van der Waals surface area contributed by atoms with E-state index in [-0.39, 0.29) is 6.10 Å². The number of aliphatic hydroxyl groups is 1. The lowest BCUT2D eigenvalue weighted by Crippen LogP contribution is -2.46. The summed E-state index contributed by atoms with van der Waals surface area (Å²) in [6, 6.07) is 0. The van der Waals surface area contributed by atoms with Crippen LogP contribution in [0.15, 0.2) is 35.5 Å². The monoisotopic (exact) mass is 410 g/mol. The van der Waals surface area contributed by atoms with Crippen molar-refractivity contribution in [1.29, 1.82) is 0 Å². The molecule has 8 atom stereocenters. The van der Waals surface area contributed by atoms with E-state index >= 15 is 0 Å². The van der Waals surface area contributed by atoms with Crippen LogP contribution in [0, 0.1) is 46.3 Å². The van der Waals surface area contributed by atoms with E-state index in [0.29, 0.717) is 16.7 Å². The van der Waals surface area contributed by atoms with Crippen molar-refractivity contribution in [3.8, 4) is 0 Å². The van der Waals surface area contributed by atoms with Gasteiger partial charge in [-0.3, -0.25) is 0 Å². The van der Waals surface area contributed by atoms with E-state index in [1.54, 1.807) is 5.57 Å². The van der Waals surface area contributed by atoms with Crippen molar-refractivity contribution in [2.75, 3.05) is 0 Å². The summed E-state index contributed by atoms with van der Waals surface area (Å²) < 4.78 is 0. The Kier molecular flexibility index (Phi) is 6.17. The molecule has 0 bridgehead atoms. The molecule has 1 nitrogen and oxygen atoms in total. The van der Waals surface area contributed by atoms with Crippen LogP contribution in [0.5, 0.6) is 0 Å². The lowest BCUT2D eigenvalue weighted by atomic mass is 9.50. The molecule has 0 saturated heterocycles. The quantitative estimate of drug-likeness (QED) is 0.460. The van der Waals surface area contributed by atoms with Gasteiger partial charge in [0.05, 0.1) is 6.10 Å². The van der Waals surface area contributed by atoms with Crippen LogP contribution in [0.25, 0.3) is 0 Å². The summed E-state index contributed by atoms with van der Waals surface area (Å²) >= 11 is 0. The molecule has 1 N–H and O–H groups in total. The number of allylic oxidation sites excluding steroid dienone is 5. The zero-order valence-electron chi connectivity index (χ0n) is 20.5. The van der Waals surface area contributed by atoms with Crippen LogP contribution < -0.4 is 0 Å². The molecule has 0 aromatic rings. The molecule has 4 rings (SSSR count). The van der Waals surface area contributed by atoms with Gasteiger partial charge in [0.1, 0.15) is 0 Å². The highest BCUT2D eigenvalue weighted by molar-refractivity contribution is 5.39. The van der Waals surface area contributed by atoms with Gasteiger partial charge in [0.25, 0.3) is 0 Å². The summed E-state index contributed by atoms with van der Waals surface area (Å²) in [5.41, 5.74) is 4.07. The first kappa shape index (κ1) is 22.4. The fourth-order valence-electron chi connectivity index (χ4n) is 8.17. The van der Waals surface area contributed by atoms with Gasteiger partial charge in [-0.05, 0) is 97.7 Å².